The van der Waals surface area contributed by atoms with E-state index in [4.69, 9.17) is 9.47 Å². The molecule has 0 saturated heterocycles. The topological polar surface area (TPSA) is 56.3 Å². The van der Waals surface area contributed by atoms with Crippen molar-refractivity contribution in [3.8, 4) is 0 Å². The van der Waals surface area contributed by atoms with Gasteiger partial charge in [-0.1, -0.05) is 6.92 Å². The molecule has 1 atom stereocenters. The van der Waals surface area contributed by atoms with Crippen LogP contribution < -0.4 is 5.32 Å². The van der Waals surface area contributed by atoms with Gasteiger partial charge in [-0.15, -0.1) is 0 Å². The Balaban J connectivity index is 3.33. The lowest BCUT2D eigenvalue weighted by Gasteiger charge is -2.26. The first-order valence-electron chi connectivity index (χ1n) is 5.81. The molecule has 0 aliphatic heterocycles. The van der Waals surface area contributed by atoms with Gasteiger partial charge in [0.2, 0.25) is 0 Å². The first kappa shape index (κ1) is 15.6. The highest BCUT2D eigenvalue weighted by Gasteiger charge is 2.29. The molecule has 1 aromatic heterocycles. The SMILES string of the molecule is CCC(C)(OC)c1nc(COC)c(I)c(NC)n1. The number of anilines is 1. The zero-order valence-electron chi connectivity index (χ0n) is 11.5. The van der Waals surface area contributed by atoms with E-state index in [1.165, 1.54) is 0 Å². The molecule has 0 spiro atoms. The maximum atomic E-state index is 5.55. The molecule has 0 saturated carbocycles. The Morgan fingerprint density at radius 3 is 2.44 bits per heavy atom. The van der Waals surface area contributed by atoms with Crippen LogP contribution in [0.15, 0.2) is 0 Å². The molecule has 1 heterocycles. The molecular formula is C12H20IN3O2. The maximum Gasteiger partial charge on any atom is 0.162 e. The number of aromatic nitrogens is 2. The zero-order valence-corrected chi connectivity index (χ0v) is 13.7. The van der Waals surface area contributed by atoms with E-state index in [1.807, 2.05) is 14.0 Å². The van der Waals surface area contributed by atoms with E-state index in [9.17, 15) is 0 Å². The Bertz CT molecular complexity index is 409. The van der Waals surface area contributed by atoms with Crippen molar-refractivity contribution in [2.24, 2.45) is 0 Å². The Kier molecular flexibility index (Phi) is 5.74. The molecule has 1 N–H and O–H groups in total. The minimum atomic E-state index is -0.474. The summed E-state index contributed by atoms with van der Waals surface area (Å²) in [5.41, 5.74) is 0.405. The summed E-state index contributed by atoms with van der Waals surface area (Å²) in [5, 5.41) is 3.09. The molecule has 0 radical (unpaired) electrons. The van der Waals surface area contributed by atoms with Gasteiger partial charge in [-0.05, 0) is 35.9 Å². The number of nitrogens with one attached hydrogen (secondary N) is 1. The minimum Gasteiger partial charge on any atom is -0.378 e. The Hall–Kier alpha value is -0.470. The van der Waals surface area contributed by atoms with E-state index >= 15 is 0 Å². The van der Waals surface area contributed by atoms with Gasteiger partial charge in [-0.2, -0.15) is 0 Å². The van der Waals surface area contributed by atoms with Gasteiger partial charge in [-0.25, -0.2) is 9.97 Å². The van der Waals surface area contributed by atoms with E-state index in [2.05, 4.69) is 44.8 Å². The average Bonchev–Trinajstić information content (AvgIpc) is 2.40. The lowest BCUT2D eigenvalue weighted by atomic mass is 10.0. The Labute approximate surface area is 122 Å². The number of halogens is 1. The number of ether oxygens (including phenoxy) is 2. The highest BCUT2D eigenvalue weighted by molar-refractivity contribution is 14.1. The third-order valence-electron chi connectivity index (χ3n) is 3.04. The van der Waals surface area contributed by atoms with Crippen molar-refractivity contribution in [1.82, 2.24) is 9.97 Å². The summed E-state index contributed by atoms with van der Waals surface area (Å²) in [6.07, 6.45) is 0.805. The molecule has 6 heteroatoms. The van der Waals surface area contributed by atoms with Gasteiger partial charge in [0.25, 0.3) is 0 Å². The number of methoxy groups -OCH3 is 2. The summed E-state index contributed by atoms with van der Waals surface area (Å²) in [6, 6.07) is 0. The van der Waals surface area contributed by atoms with Crippen molar-refractivity contribution < 1.29 is 9.47 Å². The van der Waals surface area contributed by atoms with Crippen LogP contribution in [-0.2, 0) is 21.7 Å². The predicted octanol–water partition coefficient (Wildman–Crippen LogP) is 2.54. The standard InChI is InChI=1S/C12H20IN3O2/c1-6-12(2,18-5)11-15-8(7-17-4)9(13)10(14-3)16-11/h6-7H2,1-5H3,(H,14,15,16). The van der Waals surface area contributed by atoms with E-state index in [0.717, 1.165) is 21.5 Å². The van der Waals surface area contributed by atoms with Crippen molar-refractivity contribution in [2.75, 3.05) is 26.6 Å². The first-order chi connectivity index (χ1) is 8.52. The van der Waals surface area contributed by atoms with Crippen molar-refractivity contribution in [3.63, 3.8) is 0 Å². The smallest absolute Gasteiger partial charge is 0.162 e. The maximum absolute atomic E-state index is 5.55. The largest absolute Gasteiger partial charge is 0.378 e. The highest BCUT2D eigenvalue weighted by atomic mass is 127. The third-order valence-corrected chi connectivity index (χ3v) is 4.17. The van der Waals surface area contributed by atoms with Crippen LogP contribution >= 0.6 is 22.6 Å². The van der Waals surface area contributed by atoms with Crippen LogP contribution in [0.5, 0.6) is 0 Å². The molecule has 0 aliphatic rings. The van der Waals surface area contributed by atoms with Crippen LogP contribution in [0.4, 0.5) is 5.82 Å². The van der Waals surface area contributed by atoms with Crippen LogP contribution in [0.1, 0.15) is 31.8 Å². The third kappa shape index (κ3) is 3.10. The van der Waals surface area contributed by atoms with Crippen LogP contribution in [-0.4, -0.2) is 31.2 Å². The molecule has 0 amide bonds. The van der Waals surface area contributed by atoms with Gasteiger partial charge in [0, 0.05) is 21.3 Å². The van der Waals surface area contributed by atoms with Gasteiger partial charge >= 0.3 is 0 Å². The summed E-state index contributed by atoms with van der Waals surface area (Å²) >= 11 is 2.22. The van der Waals surface area contributed by atoms with Crippen molar-refractivity contribution in [1.29, 1.82) is 0 Å². The lowest BCUT2D eigenvalue weighted by Crippen LogP contribution is -2.27. The van der Waals surface area contributed by atoms with E-state index in [1.54, 1.807) is 14.2 Å². The molecule has 102 valence electrons. The van der Waals surface area contributed by atoms with Crippen molar-refractivity contribution >= 4 is 28.4 Å². The Morgan fingerprint density at radius 1 is 1.33 bits per heavy atom. The van der Waals surface area contributed by atoms with Crippen LogP contribution in [0.25, 0.3) is 0 Å². The van der Waals surface area contributed by atoms with Gasteiger partial charge in [0.15, 0.2) is 5.82 Å². The number of nitrogens with zero attached hydrogens (tertiary/aromatic N) is 2. The normalized spacial score (nSPS) is 14.3. The van der Waals surface area contributed by atoms with Crippen LogP contribution in [0.3, 0.4) is 0 Å². The molecular weight excluding hydrogens is 345 g/mol. The fourth-order valence-electron chi connectivity index (χ4n) is 1.52. The fraction of sp³-hybridized carbons (Fsp3) is 0.667. The van der Waals surface area contributed by atoms with Gasteiger partial charge in [0.05, 0.1) is 15.9 Å². The average molecular weight is 365 g/mol. The van der Waals surface area contributed by atoms with Gasteiger partial charge in [-0.3, -0.25) is 0 Å². The molecule has 0 aromatic carbocycles. The highest BCUT2D eigenvalue weighted by Crippen LogP contribution is 2.29. The second-order valence-electron chi connectivity index (χ2n) is 4.13. The summed E-state index contributed by atoms with van der Waals surface area (Å²) in [6.45, 7) is 4.51. The molecule has 0 aliphatic carbocycles. The summed E-state index contributed by atoms with van der Waals surface area (Å²) < 4.78 is 11.7. The second-order valence-corrected chi connectivity index (χ2v) is 5.21. The predicted molar refractivity (Wildman–Crippen MR) is 79.7 cm³/mol. The molecule has 0 fully saturated rings. The quantitative estimate of drug-likeness (QED) is 0.786. The number of hydrogen-bond acceptors (Lipinski definition) is 5. The van der Waals surface area contributed by atoms with E-state index in [0.29, 0.717) is 12.4 Å². The number of hydrogen-bond donors (Lipinski definition) is 1. The van der Waals surface area contributed by atoms with Crippen molar-refractivity contribution in [3.05, 3.63) is 15.1 Å². The Morgan fingerprint density at radius 2 is 2.00 bits per heavy atom. The van der Waals surface area contributed by atoms with E-state index < -0.39 is 5.60 Å². The summed E-state index contributed by atoms with van der Waals surface area (Å²) in [7, 11) is 5.19. The molecule has 0 bridgehead atoms. The lowest BCUT2D eigenvalue weighted by molar-refractivity contribution is -0.00932. The minimum absolute atomic E-state index is 0.464. The van der Waals surface area contributed by atoms with Crippen molar-refractivity contribution in [2.45, 2.75) is 32.5 Å². The molecule has 1 unspecified atom stereocenters. The molecule has 18 heavy (non-hydrogen) atoms. The summed E-state index contributed by atoms with van der Waals surface area (Å²) in [5.74, 6) is 1.49. The van der Waals surface area contributed by atoms with Gasteiger partial charge < -0.3 is 14.8 Å². The fourth-order valence-corrected chi connectivity index (χ4v) is 2.19. The monoisotopic (exact) mass is 365 g/mol. The molecule has 1 aromatic rings. The van der Waals surface area contributed by atoms with Crippen LogP contribution in [0, 0.1) is 3.57 Å². The van der Waals surface area contributed by atoms with E-state index in [-0.39, 0.29) is 0 Å². The number of rotatable bonds is 6. The zero-order chi connectivity index (χ0) is 13.8. The summed E-state index contributed by atoms with van der Waals surface area (Å²) in [4.78, 5) is 9.11. The second kappa shape index (κ2) is 6.63. The molecule has 1 rings (SSSR count). The van der Waals surface area contributed by atoms with Gasteiger partial charge in [0.1, 0.15) is 11.4 Å². The molecule has 5 nitrogen and oxygen atoms in total. The first-order valence-corrected chi connectivity index (χ1v) is 6.89. The van der Waals surface area contributed by atoms with Crippen LogP contribution in [0.2, 0.25) is 0 Å².